The number of aromatic hydroxyl groups is 1. The molecule has 9 heteroatoms. The molecular formula is C33H32BrN3O4S. The van der Waals surface area contributed by atoms with E-state index in [1.165, 1.54) is 5.56 Å². The molecule has 1 amide bonds. The number of benzene rings is 2. The molecule has 2 bridgehead atoms. The van der Waals surface area contributed by atoms with Gasteiger partial charge >= 0.3 is 0 Å². The van der Waals surface area contributed by atoms with E-state index in [-0.39, 0.29) is 23.7 Å². The Kier molecular flexibility index (Phi) is 6.74. The van der Waals surface area contributed by atoms with Gasteiger partial charge in [0.05, 0.1) is 29.2 Å². The zero-order valence-corrected chi connectivity index (χ0v) is 25.6. The van der Waals surface area contributed by atoms with Gasteiger partial charge in [-0.2, -0.15) is 5.26 Å². The summed E-state index contributed by atoms with van der Waals surface area (Å²) >= 11 is 5.01. The highest BCUT2D eigenvalue weighted by molar-refractivity contribution is 9.10. The molecule has 42 heavy (non-hydrogen) atoms. The largest absolute Gasteiger partial charge is 0.504 e. The Morgan fingerprint density at radius 3 is 2.86 bits per heavy atom. The second-order valence-electron chi connectivity index (χ2n) is 12.0. The number of carbonyl (C=O) groups is 1. The number of nitriles is 1. The van der Waals surface area contributed by atoms with Crippen LogP contribution in [0.5, 0.6) is 11.5 Å². The average molecular weight is 647 g/mol. The predicted octanol–water partition coefficient (Wildman–Crippen LogP) is 5.05. The van der Waals surface area contributed by atoms with E-state index in [1.807, 2.05) is 41.8 Å². The minimum atomic E-state index is -1.17. The summed E-state index contributed by atoms with van der Waals surface area (Å²) in [5, 5.41) is 36.3. The molecule has 4 aliphatic rings. The Hall–Kier alpha value is -3.16. The van der Waals surface area contributed by atoms with Crippen LogP contribution < -0.4 is 4.74 Å². The Morgan fingerprint density at radius 1 is 1.31 bits per heavy atom. The lowest BCUT2D eigenvalue weighted by Crippen LogP contribution is -2.79. The first-order chi connectivity index (χ1) is 20.3. The maximum Gasteiger partial charge on any atom is 0.246 e. The fourth-order valence-corrected chi connectivity index (χ4v) is 9.56. The highest BCUT2D eigenvalue weighted by Gasteiger charge is 2.74. The normalized spacial score (nSPS) is 30.9. The number of aliphatic hydroxyl groups is 1. The van der Waals surface area contributed by atoms with Crippen LogP contribution in [0.1, 0.15) is 40.8 Å². The lowest BCUT2D eigenvalue weighted by Gasteiger charge is -2.65. The van der Waals surface area contributed by atoms with Crippen LogP contribution in [0.25, 0.3) is 6.08 Å². The van der Waals surface area contributed by atoms with Crippen molar-refractivity contribution in [2.45, 2.75) is 67.3 Å². The third kappa shape index (κ3) is 3.99. The van der Waals surface area contributed by atoms with Gasteiger partial charge in [-0.15, -0.1) is 11.3 Å². The quantitative estimate of drug-likeness (QED) is 0.365. The number of likely N-dealkylation sites (tertiary alicyclic amines) is 1. The van der Waals surface area contributed by atoms with Crippen molar-refractivity contribution < 1.29 is 19.7 Å². The molecule has 3 unspecified atom stereocenters. The van der Waals surface area contributed by atoms with Crippen LogP contribution >= 0.6 is 27.3 Å². The number of phenols is 1. The third-order valence-electron chi connectivity index (χ3n) is 10.1. The van der Waals surface area contributed by atoms with Crippen LogP contribution in [-0.4, -0.2) is 69.3 Å². The lowest BCUT2D eigenvalue weighted by molar-refractivity contribution is -0.206. The second-order valence-corrected chi connectivity index (χ2v) is 13.8. The van der Waals surface area contributed by atoms with Gasteiger partial charge in [0.25, 0.3) is 0 Å². The van der Waals surface area contributed by atoms with Crippen LogP contribution in [0.15, 0.2) is 64.5 Å². The Morgan fingerprint density at radius 2 is 2.12 bits per heavy atom. The summed E-state index contributed by atoms with van der Waals surface area (Å²) in [7, 11) is 1.78. The molecule has 7 rings (SSSR count). The van der Waals surface area contributed by atoms with Crippen molar-refractivity contribution in [3.05, 3.63) is 86.0 Å². The Balaban J connectivity index is 1.27. The number of piperidine rings is 1. The summed E-state index contributed by atoms with van der Waals surface area (Å²) < 4.78 is 7.59. The molecular weight excluding hydrogens is 614 g/mol. The molecule has 2 aliphatic heterocycles. The summed E-state index contributed by atoms with van der Waals surface area (Å²) in [5.74, 6) is 0.282. The number of hydrogen-bond donors (Lipinski definition) is 2. The summed E-state index contributed by atoms with van der Waals surface area (Å²) in [6, 6.07) is 17.3. The zero-order valence-electron chi connectivity index (χ0n) is 23.2. The third-order valence-corrected chi connectivity index (χ3v) is 11.8. The van der Waals surface area contributed by atoms with Gasteiger partial charge < -0.3 is 19.8 Å². The highest BCUT2D eigenvalue weighted by Crippen LogP contribution is 2.66. The minimum Gasteiger partial charge on any atom is -0.504 e. The Labute approximate surface area is 257 Å². The van der Waals surface area contributed by atoms with E-state index < -0.39 is 23.2 Å². The molecule has 7 nitrogen and oxygen atoms in total. The highest BCUT2D eigenvalue weighted by atomic mass is 79.9. The molecule has 6 atom stereocenters. The van der Waals surface area contributed by atoms with Crippen molar-refractivity contribution in [2.75, 3.05) is 13.6 Å². The van der Waals surface area contributed by atoms with Crippen LogP contribution in [0, 0.1) is 11.3 Å². The SMILES string of the molecule is CN(C(=O)/C=C/c1cc(Br)cs1)C1CC[C@@]2(O)[C@H]3Cc4ccc(O)c5c4[C@@]2(CC(C#N)N3CCc2ccccc2)C1O5. The molecule has 2 aliphatic carbocycles. The molecule has 3 heterocycles. The van der Waals surface area contributed by atoms with Crippen LogP contribution in [0.2, 0.25) is 0 Å². The van der Waals surface area contributed by atoms with Gasteiger partial charge in [0.15, 0.2) is 11.5 Å². The van der Waals surface area contributed by atoms with Crippen molar-refractivity contribution in [2.24, 2.45) is 0 Å². The first-order valence-corrected chi connectivity index (χ1v) is 16.1. The first kappa shape index (κ1) is 27.7. The lowest BCUT2D eigenvalue weighted by atomic mass is 9.47. The van der Waals surface area contributed by atoms with Crippen molar-refractivity contribution in [3.63, 3.8) is 0 Å². The second kappa shape index (κ2) is 10.2. The maximum absolute atomic E-state index is 13.5. The maximum atomic E-state index is 13.5. The van der Waals surface area contributed by atoms with E-state index in [0.717, 1.165) is 26.9 Å². The van der Waals surface area contributed by atoms with Crippen molar-refractivity contribution in [3.8, 4) is 17.6 Å². The molecule has 2 fully saturated rings. The fraction of sp³-hybridized carbons (Fsp3) is 0.394. The molecule has 2 N–H and O–H groups in total. The number of thiophene rings is 1. The summed E-state index contributed by atoms with van der Waals surface area (Å²) in [6.45, 7) is 0.655. The number of rotatable bonds is 6. The number of likely N-dealkylation sites (N-methyl/N-ethyl adjacent to an activating group) is 1. The van der Waals surface area contributed by atoms with Crippen LogP contribution in [0.4, 0.5) is 0 Å². The number of carbonyl (C=O) groups excluding carboxylic acids is 1. The topological polar surface area (TPSA) is 97.0 Å². The van der Waals surface area contributed by atoms with Crippen molar-refractivity contribution in [1.82, 2.24) is 9.80 Å². The molecule has 1 saturated carbocycles. The van der Waals surface area contributed by atoms with Crippen molar-refractivity contribution in [1.29, 1.82) is 5.26 Å². The van der Waals surface area contributed by atoms with Crippen LogP contribution in [-0.2, 0) is 23.1 Å². The molecule has 0 radical (unpaired) electrons. The summed E-state index contributed by atoms with van der Waals surface area (Å²) in [6.07, 6.45) is 5.54. The van der Waals surface area contributed by atoms with Gasteiger partial charge in [-0.1, -0.05) is 36.4 Å². The van der Waals surface area contributed by atoms with E-state index in [1.54, 1.807) is 35.4 Å². The molecule has 2 aromatic carbocycles. The average Bonchev–Trinajstić information content (AvgIpc) is 3.57. The van der Waals surface area contributed by atoms with Crippen molar-refractivity contribution >= 4 is 39.2 Å². The fourth-order valence-electron chi connectivity index (χ4n) is 8.22. The molecule has 1 saturated heterocycles. The first-order valence-electron chi connectivity index (χ1n) is 14.4. The number of hydrogen-bond acceptors (Lipinski definition) is 7. The van der Waals surface area contributed by atoms with Gasteiger partial charge in [0, 0.05) is 46.0 Å². The van der Waals surface area contributed by atoms with E-state index >= 15 is 0 Å². The number of halogens is 1. The number of phenolic OH excluding ortho intramolecular Hbond substituents is 1. The van der Waals surface area contributed by atoms with E-state index in [2.05, 4.69) is 39.0 Å². The molecule has 1 spiro atoms. The zero-order chi connectivity index (χ0) is 29.2. The number of nitrogens with zero attached hydrogens (tertiary/aromatic N) is 3. The van der Waals surface area contributed by atoms with Gasteiger partial charge in [0.2, 0.25) is 5.91 Å². The van der Waals surface area contributed by atoms with Gasteiger partial charge in [-0.3, -0.25) is 9.69 Å². The smallest absolute Gasteiger partial charge is 0.246 e. The standard InChI is InChI=1S/C33H32BrN3O4S/c1-36(28(39)10-8-24-16-22(34)19-42-24)25-11-13-33(40)27-15-21-7-9-26(38)30-29(21)32(33,31(25)41-30)17-23(18-35)37(27)14-12-20-5-3-2-4-6-20/h2-10,16,19,23,25,27,31,38,40H,11-15,17H2,1H3/b10-8+/t23?,25?,27-,31?,32+,33-/m1/s1. The molecule has 1 aromatic heterocycles. The summed E-state index contributed by atoms with van der Waals surface area (Å²) in [5.41, 5.74) is 0.979. The van der Waals surface area contributed by atoms with Crippen LogP contribution in [0.3, 0.4) is 0 Å². The number of amides is 1. The van der Waals surface area contributed by atoms with Gasteiger partial charge in [-0.25, -0.2) is 0 Å². The summed E-state index contributed by atoms with van der Waals surface area (Å²) in [4.78, 5) is 18.4. The number of ether oxygens (including phenoxy) is 1. The van der Waals surface area contributed by atoms with E-state index in [0.29, 0.717) is 38.0 Å². The molecule has 3 aromatic rings. The van der Waals surface area contributed by atoms with E-state index in [9.17, 15) is 20.3 Å². The van der Waals surface area contributed by atoms with Gasteiger partial charge in [-0.05, 0) is 77.4 Å². The predicted molar refractivity (Wildman–Crippen MR) is 164 cm³/mol. The van der Waals surface area contributed by atoms with Gasteiger partial charge in [0.1, 0.15) is 6.10 Å². The van der Waals surface area contributed by atoms with E-state index in [4.69, 9.17) is 4.74 Å². The molecule has 216 valence electrons. The monoisotopic (exact) mass is 645 g/mol. The minimum absolute atomic E-state index is 0.0363. The Bertz CT molecular complexity index is 1620.